The third-order valence-electron chi connectivity index (χ3n) is 5.21. The molecule has 0 bridgehead atoms. The minimum atomic E-state index is -0.786. The van der Waals surface area contributed by atoms with Crippen LogP contribution < -0.4 is 0 Å². The van der Waals surface area contributed by atoms with Crippen LogP contribution >= 0.6 is 0 Å². The van der Waals surface area contributed by atoms with E-state index in [9.17, 15) is 14.4 Å². The number of hydrogen-bond donors (Lipinski definition) is 0. The Labute approximate surface area is 163 Å². The summed E-state index contributed by atoms with van der Waals surface area (Å²) in [6.45, 7) is 7.94. The molecule has 10 heteroatoms. The lowest BCUT2D eigenvalue weighted by Crippen LogP contribution is -2.63. The van der Waals surface area contributed by atoms with E-state index >= 15 is 0 Å². The molecule has 1 saturated heterocycles. The molecular formula is C18H25N6O4+. The Morgan fingerprint density at radius 3 is 2.46 bits per heavy atom. The minimum Gasteiger partial charge on any atom is -0.468 e. The number of aliphatic imine (C=N–C) groups is 1. The third kappa shape index (κ3) is 2.88. The second kappa shape index (κ2) is 7.17. The molecule has 2 aliphatic heterocycles. The van der Waals surface area contributed by atoms with Gasteiger partial charge in [-0.2, -0.15) is 0 Å². The highest BCUT2D eigenvalue weighted by molar-refractivity contribution is 6.23. The molecule has 0 spiro atoms. The first kappa shape index (κ1) is 19.7. The molecule has 2 aliphatic rings. The summed E-state index contributed by atoms with van der Waals surface area (Å²) >= 11 is 0. The number of aryl methyl sites for hydroxylation is 1. The van der Waals surface area contributed by atoms with E-state index in [0.717, 1.165) is 28.3 Å². The topological polar surface area (TPSA) is 100 Å². The van der Waals surface area contributed by atoms with Crippen LogP contribution in [0.5, 0.6) is 0 Å². The van der Waals surface area contributed by atoms with Gasteiger partial charge in [-0.25, -0.2) is 14.3 Å². The maximum absolute atomic E-state index is 13.1. The molecule has 1 fully saturated rings. The Balaban J connectivity index is 2.12. The van der Waals surface area contributed by atoms with Gasteiger partial charge in [0.1, 0.15) is 12.2 Å². The number of methoxy groups -OCH3 is 1. The van der Waals surface area contributed by atoms with E-state index in [4.69, 9.17) is 0 Å². The Morgan fingerprint density at radius 1 is 1.25 bits per heavy atom. The molecule has 1 aromatic heterocycles. The second-order valence-corrected chi connectivity index (χ2v) is 6.92. The van der Waals surface area contributed by atoms with Gasteiger partial charge in [0.15, 0.2) is 0 Å². The number of esters is 1. The van der Waals surface area contributed by atoms with E-state index < -0.39 is 30.5 Å². The Kier molecular flexibility index (Phi) is 5.05. The van der Waals surface area contributed by atoms with Gasteiger partial charge in [-0.05, 0) is 27.2 Å². The van der Waals surface area contributed by atoms with Gasteiger partial charge in [-0.3, -0.25) is 14.5 Å². The summed E-state index contributed by atoms with van der Waals surface area (Å²) in [4.78, 5) is 44.3. The standard InChI is InChI=1S/C18H25N6O4/c1-7-8-22-14-15(19-17(22)24-12(4)10(2)11(3)20-24)21(5)18(27)23(16(14)26)9-13(25)28-6/h14H,7-9H2,1-6H3/q+1. The highest BCUT2D eigenvalue weighted by Gasteiger charge is 2.53. The van der Waals surface area contributed by atoms with Gasteiger partial charge in [0.2, 0.25) is 11.9 Å². The zero-order chi connectivity index (χ0) is 20.7. The molecule has 1 aromatic rings. The number of ether oxygens (including phenoxy) is 1. The fourth-order valence-electron chi connectivity index (χ4n) is 3.40. The third-order valence-corrected chi connectivity index (χ3v) is 5.21. The van der Waals surface area contributed by atoms with Gasteiger partial charge in [0.05, 0.1) is 19.3 Å². The van der Waals surface area contributed by atoms with Crippen molar-refractivity contribution < 1.29 is 23.7 Å². The number of hydrogen-bond acceptors (Lipinski definition) is 6. The summed E-state index contributed by atoms with van der Waals surface area (Å²) < 4.78 is 8.17. The van der Waals surface area contributed by atoms with Crippen LogP contribution in [0, 0.1) is 20.8 Å². The first-order valence-electron chi connectivity index (χ1n) is 9.14. The lowest BCUT2D eigenvalue weighted by atomic mass is 10.1. The van der Waals surface area contributed by atoms with E-state index in [2.05, 4.69) is 14.8 Å². The van der Waals surface area contributed by atoms with Crippen molar-refractivity contribution in [1.82, 2.24) is 19.6 Å². The molecule has 1 atom stereocenters. The molecule has 3 heterocycles. The number of amides is 3. The van der Waals surface area contributed by atoms with Crippen LogP contribution in [0.3, 0.4) is 0 Å². The zero-order valence-corrected chi connectivity index (χ0v) is 17.0. The molecule has 0 radical (unpaired) electrons. The highest BCUT2D eigenvalue weighted by Crippen LogP contribution is 2.22. The van der Waals surface area contributed by atoms with Crippen molar-refractivity contribution in [2.24, 2.45) is 4.99 Å². The van der Waals surface area contributed by atoms with Crippen LogP contribution in [0.4, 0.5) is 4.79 Å². The highest BCUT2D eigenvalue weighted by atomic mass is 16.5. The van der Waals surface area contributed by atoms with E-state index in [-0.39, 0.29) is 0 Å². The number of likely N-dealkylation sites (N-methyl/N-ethyl adjacent to an activating group) is 1. The van der Waals surface area contributed by atoms with Crippen molar-refractivity contribution in [2.75, 3.05) is 27.2 Å². The van der Waals surface area contributed by atoms with Crippen molar-refractivity contribution >= 4 is 29.7 Å². The van der Waals surface area contributed by atoms with Crippen LogP contribution in [0.15, 0.2) is 4.99 Å². The number of amidine groups is 1. The second-order valence-electron chi connectivity index (χ2n) is 6.92. The van der Waals surface area contributed by atoms with Crippen molar-refractivity contribution in [1.29, 1.82) is 0 Å². The first-order chi connectivity index (χ1) is 13.2. The molecule has 3 amide bonds. The summed E-state index contributed by atoms with van der Waals surface area (Å²) in [7, 11) is 2.76. The number of carbonyl (C=O) groups excluding carboxylic acids is 3. The Hall–Kier alpha value is -3.04. The average molecular weight is 389 g/mol. The van der Waals surface area contributed by atoms with Crippen LogP contribution in [0.25, 0.3) is 0 Å². The lowest BCUT2D eigenvalue weighted by Gasteiger charge is -2.33. The molecule has 28 heavy (non-hydrogen) atoms. The zero-order valence-electron chi connectivity index (χ0n) is 17.0. The van der Waals surface area contributed by atoms with Gasteiger partial charge < -0.3 is 4.74 Å². The molecule has 3 rings (SSSR count). The van der Waals surface area contributed by atoms with E-state index in [1.807, 2.05) is 32.3 Å². The normalized spacial score (nSPS) is 19.4. The lowest BCUT2D eigenvalue weighted by molar-refractivity contribution is -0.537. The minimum absolute atomic E-state index is 0.338. The summed E-state index contributed by atoms with van der Waals surface area (Å²) in [5.41, 5.74) is 2.84. The molecule has 0 saturated carbocycles. The van der Waals surface area contributed by atoms with Crippen molar-refractivity contribution in [2.45, 2.75) is 40.2 Å². The van der Waals surface area contributed by atoms with Gasteiger partial charge in [-0.1, -0.05) is 11.9 Å². The van der Waals surface area contributed by atoms with Crippen LogP contribution in [0.1, 0.15) is 30.3 Å². The van der Waals surface area contributed by atoms with Gasteiger partial charge in [0, 0.05) is 12.6 Å². The maximum atomic E-state index is 13.1. The summed E-state index contributed by atoms with van der Waals surface area (Å²) in [6.07, 6.45) is 0.767. The summed E-state index contributed by atoms with van der Waals surface area (Å²) in [5, 5.41) is 4.56. The van der Waals surface area contributed by atoms with E-state index in [1.165, 1.54) is 12.0 Å². The summed E-state index contributed by atoms with van der Waals surface area (Å²) in [5.74, 6) is -0.309. The molecule has 0 N–H and O–H groups in total. The Morgan fingerprint density at radius 2 is 1.93 bits per heavy atom. The number of imide groups is 1. The number of urea groups is 1. The Bertz CT molecular complexity index is 929. The predicted molar refractivity (Wildman–Crippen MR) is 100 cm³/mol. The van der Waals surface area contributed by atoms with Crippen molar-refractivity contribution in [3.8, 4) is 0 Å². The average Bonchev–Trinajstić information content (AvgIpc) is 3.16. The molecule has 0 aromatic carbocycles. The van der Waals surface area contributed by atoms with Crippen LogP contribution in [0.2, 0.25) is 0 Å². The number of carbonyl (C=O) groups is 3. The molecule has 0 aliphatic carbocycles. The van der Waals surface area contributed by atoms with Gasteiger partial charge >= 0.3 is 18.0 Å². The molecular weight excluding hydrogens is 364 g/mol. The first-order valence-corrected chi connectivity index (χ1v) is 9.14. The number of aromatic nitrogens is 2. The quantitative estimate of drug-likeness (QED) is 0.544. The van der Waals surface area contributed by atoms with E-state index in [0.29, 0.717) is 18.3 Å². The fraction of sp³-hybridized carbons (Fsp3) is 0.556. The van der Waals surface area contributed by atoms with Crippen molar-refractivity contribution in [3.63, 3.8) is 0 Å². The SMILES string of the molecule is CCC[N+]1=C(n2nc(C)c(C)c2C)N=C2C1C(=O)N(CC(=O)OC)C(=O)N2C. The predicted octanol–water partition coefficient (Wildman–Crippen LogP) is 0.283. The monoisotopic (exact) mass is 389 g/mol. The summed E-state index contributed by atoms with van der Waals surface area (Å²) in [6, 6.07) is -1.39. The maximum Gasteiger partial charge on any atom is 0.421 e. The van der Waals surface area contributed by atoms with Gasteiger partial charge in [-0.15, -0.1) is 9.78 Å². The largest absolute Gasteiger partial charge is 0.468 e. The number of nitrogens with zero attached hydrogens (tertiary/aromatic N) is 6. The van der Waals surface area contributed by atoms with Crippen molar-refractivity contribution in [3.05, 3.63) is 17.0 Å². The van der Waals surface area contributed by atoms with Crippen LogP contribution in [-0.2, 0) is 14.3 Å². The molecule has 1 unspecified atom stereocenters. The fourth-order valence-corrected chi connectivity index (χ4v) is 3.40. The van der Waals surface area contributed by atoms with Gasteiger partial charge in [0.25, 0.3) is 5.91 Å². The smallest absolute Gasteiger partial charge is 0.421 e. The number of fused-ring (bicyclic) bond motifs is 1. The molecule has 10 nitrogen and oxygen atoms in total. The van der Waals surface area contributed by atoms with Crippen LogP contribution in [-0.4, -0.2) is 87.1 Å². The number of rotatable bonds is 4. The van der Waals surface area contributed by atoms with E-state index in [1.54, 1.807) is 11.7 Å². The molecule has 150 valence electrons.